The van der Waals surface area contributed by atoms with Crippen LogP contribution in [0.2, 0.25) is 0 Å². The Balaban J connectivity index is 3.02. The lowest BCUT2D eigenvalue weighted by Gasteiger charge is -2.20. The molecule has 1 heterocycles. The van der Waals surface area contributed by atoms with Gasteiger partial charge >= 0.3 is 0 Å². The summed E-state index contributed by atoms with van der Waals surface area (Å²) in [7, 11) is 0. The number of nitriles is 1. The number of nitrogen functional groups attached to an aromatic ring is 1. The maximum Gasteiger partial charge on any atom is 0.236 e. The Morgan fingerprint density at radius 3 is 2.81 bits per heavy atom. The number of rotatable bonds is 4. The van der Waals surface area contributed by atoms with E-state index in [2.05, 4.69) is 4.98 Å². The predicted octanol–water partition coefficient (Wildman–Crippen LogP) is -0.153. The summed E-state index contributed by atoms with van der Waals surface area (Å²) in [6, 6.07) is 5.13. The first kappa shape index (κ1) is 11.8. The first-order chi connectivity index (χ1) is 7.58. The maximum absolute atomic E-state index is 10.8. The number of nitrogens with zero attached hydrogens (tertiary/aromatic N) is 3. The van der Waals surface area contributed by atoms with Crippen LogP contribution in [0.3, 0.4) is 0 Å². The second-order valence-electron chi connectivity index (χ2n) is 3.20. The Bertz CT molecular complexity index is 437. The highest BCUT2D eigenvalue weighted by Crippen LogP contribution is 2.15. The minimum Gasteiger partial charge on any atom is -0.396 e. The molecule has 0 unspecified atom stereocenters. The van der Waals surface area contributed by atoms with Gasteiger partial charge in [-0.05, 0) is 19.1 Å². The third-order valence-corrected chi connectivity index (χ3v) is 2.07. The van der Waals surface area contributed by atoms with Gasteiger partial charge in [-0.15, -0.1) is 0 Å². The number of nitrogens with two attached hydrogens (primary N) is 2. The van der Waals surface area contributed by atoms with E-state index in [1.165, 1.54) is 0 Å². The fourth-order valence-electron chi connectivity index (χ4n) is 1.27. The first-order valence-electron chi connectivity index (χ1n) is 4.78. The molecule has 0 bridgehead atoms. The molecule has 0 aromatic carbocycles. The molecule has 0 fully saturated rings. The molecular formula is C10H13N5O. The van der Waals surface area contributed by atoms with Crippen LogP contribution in [0.4, 0.5) is 11.5 Å². The molecule has 84 valence electrons. The number of likely N-dealkylation sites (N-methyl/N-ethyl adjacent to an activating group) is 1. The lowest BCUT2D eigenvalue weighted by atomic mass is 10.3. The van der Waals surface area contributed by atoms with Gasteiger partial charge in [0.1, 0.15) is 11.9 Å². The van der Waals surface area contributed by atoms with Crippen LogP contribution < -0.4 is 16.4 Å². The van der Waals surface area contributed by atoms with Crippen LogP contribution in [-0.2, 0) is 4.79 Å². The zero-order valence-corrected chi connectivity index (χ0v) is 8.97. The van der Waals surface area contributed by atoms with E-state index in [1.54, 1.807) is 17.0 Å². The standard InChI is InChI=1S/C10H13N5O/c1-2-15(6-9(13)16)10-4-3-7(12)8(5-11)14-10/h3-4H,2,6,12H2,1H3,(H2,13,16). The van der Waals surface area contributed by atoms with Gasteiger partial charge in [0, 0.05) is 6.54 Å². The number of anilines is 2. The highest BCUT2D eigenvalue weighted by Gasteiger charge is 2.10. The molecule has 0 saturated heterocycles. The molecule has 1 aromatic rings. The molecule has 6 nitrogen and oxygen atoms in total. The van der Waals surface area contributed by atoms with Crippen molar-refractivity contribution in [3.05, 3.63) is 17.8 Å². The SMILES string of the molecule is CCN(CC(N)=O)c1ccc(N)c(C#N)n1. The molecule has 0 atom stereocenters. The zero-order chi connectivity index (χ0) is 12.1. The van der Waals surface area contributed by atoms with Crippen molar-refractivity contribution in [2.45, 2.75) is 6.92 Å². The van der Waals surface area contributed by atoms with E-state index in [-0.39, 0.29) is 12.2 Å². The van der Waals surface area contributed by atoms with Gasteiger partial charge in [0.2, 0.25) is 5.91 Å². The molecule has 6 heteroatoms. The van der Waals surface area contributed by atoms with E-state index in [4.69, 9.17) is 16.7 Å². The molecule has 0 radical (unpaired) electrons. The topological polar surface area (TPSA) is 109 Å². The summed E-state index contributed by atoms with van der Waals surface area (Å²) in [4.78, 5) is 16.5. The van der Waals surface area contributed by atoms with Gasteiger partial charge in [-0.25, -0.2) is 4.98 Å². The average Bonchev–Trinajstić information content (AvgIpc) is 2.26. The second-order valence-corrected chi connectivity index (χ2v) is 3.20. The van der Waals surface area contributed by atoms with Gasteiger partial charge < -0.3 is 16.4 Å². The van der Waals surface area contributed by atoms with E-state index in [1.807, 2.05) is 13.0 Å². The molecule has 0 aliphatic carbocycles. The molecule has 16 heavy (non-hydrogen) atoms. The Kier molecular flexibility index (Phi) is 3.67. The number of hydrogen-bond donors (Lipinski definition) is 2. The van der Waals surface area contributed by atoms with Crippen molar-refractivity contribution in [3.63, 3.8) is 0 Å². The number of amides is 1. The largest absolute Gasteiger partial charge is 0.396 e. The Morgan fingerprint density at radius 2 is 2.31 bits per heavy atom. The minimum atomic E-state index is -0.445. The van der Waals surface area contributed by atoms with Crippen molar-refractivity contribution in [2.75, 3.05) is 23.7 Å². The fourth-order valence-corrected chi connectivity index (χ4v) is 1.27. The summed E-state index contributed by atoms with van der Waals surface area (Å²) in [5.74, 6) is 0.0750. The Morgan fingerprint density at radius 1 is 1.62 bits per heavy atom. The third kappa shape index (κ3) is 2.60. The minimum absolute atomic E-state index is 0.0677. The van der Waals surface area contributed by atoms with Crippen molar-refractivity contribution < 1.29 is 4.79 Å². The van der Waals surface area contributed by atoms with Crippen LogP contribution in [-0.4, -0.2) is 24.0 Å². The molecule has 0 aliphatic rings. The van der Waals surface area contributed by atoms with Crippen LogP contribution >= 0.6 is 0 Å². The molecule has 0 saturated carbocycles. The van der Waals surface area contributed by atoms with E-state index in [9.17, 15) is 4.79 Å². The number of hydrogen-bond acceptors (Lipinski definition) is 5. The van der Waals surface area contributed by atoms with Crippen molar-refractivity contribution >= 4 is 17.4 Å². The van der Waals surface area contributed by atoms with E-state index in [0.29, 0.717) is 18.1 Å². The van der Waals surface area contributed by atoms with Gasteiger partial charge in [0.25, 0.3) is 0 Å². The van der Waals surface area contributed by atoms with Gasteiger partial charge in [-0.2, -0.15) is 5.26 Å². The number of aromatic nitrogens is 1. The summed E-state index contributed by atoms with van der Waals surface area (Å²) in [5.41, 5.74) is 11.1. The highest BCUT2D eigenvalue weighted by atomic mass is 16.1. The average molecular weight is 219 g/mol. The quantitative estimate of drug-likeness (QED) is 0.731. The molecule has 1 aromatic heterocycles. The van der Waals surface area contributed by atoms with Crippen molar-refractivity contribution in [2.24, 2.45) is 5.73 Å². The lowest BCUT2D eigenvalue weighted by Crippen LogP contribution is -2.34. The summed E-state index contributed by atoms with van der Waals surface area (Å²) >= 11 is 0. The number of primary amides is 1. The number of carbonyl (C=O) groups excluding carboxylic acids is 1. The van der Waals surface area contributed by atoms with Gasteiger partial charge in [-0.3, -0.25) is 4.79 Å². The van der Waals surface area contributed by atoms with Crippen LogP contribution in [0.5, 0.6) is 0 Å². The predicted molar refractivity (Wildman–Crippen MR) is 60.4 cm³/mol. The third-order valence-electron chi connectivity index (χ3n) is 2.07. The molecule has 1 amide bonds. The van der Waals surface area contributed by atoms with E-state index in [0.717, 1.165) is 0 Å². The van der Waals surface area contributed by atoms with Gasteiger partial charge in [-0.1, -0.05) is 0 Å². The number of pyridine rings is 1. The zero-order valence-electron chi connectivity index (χ0n) is 8.97. The Labute approximate surface area is 93.5 Å². The maximum atomic E-state index is 10.8. The molecule has 1 rings (SSSR count). The van der Waals surface area contributed by atoms with Crippen LogP contribution in [0, 0.1) is 11.3 Å². The van der Waals surface area contributed by atoms with Crippen LogP contribution in [0.25, 0.3) is 0 Å². The summed E-state index contributed by atoms with van der Waals surface area (Å²) < 4.78 is 0. The van der Waals surface area contributed by atoms with Crippen LogP contribution in [0.15, 0.2) is 12.1 Å². The van der Waals surface area contributed by atoms with Crippen LogP contribution in [0.1, 0.15) is 12.6 Å². The van der Waals surface area contributed by atoms with Gasteiger partial charge in [0.05, 0.1) is 12.2 Å². The molecule has 0 spiro atoms. The summed E-state index contributed by atoms with van der Waals surface area (Å²) in [6.07, 6.45) is 0. The lowest BCUT2D eigenvalue weighted by molar-refractivity contribution is -0.116. The molecule has 0 aliphatic heterocycles. The molecular weight excluding hydrogens is 206 g/mol. The highest BCUT2D eigenvalue weighted by molar-refractivity contribution is 5.79. The second kappa shape index (κ2) is 4.98. The van der Waals surface area contributed by atoms with Crippen molar-refractivity contribution in [1.29, 1.82) is 5.26 Å². The molecule has 4 N–H and O–H groups in total. The summed E-state index contributed by atoms with van der Waals surface area (Å²) in [5, 5.41) is 8.78. The van der Waals surface area contributed by atoms with Gasteiger partial charge in [0.15, 0.2) is 5.69 Å². The van der Waals surface area contributed by atoms with E-state index < -0.39 is 5.91 Å². The van der Waals surface area contributed by atoms with Crippen molar-refractivity contribution in [1.82, 2.24) is 4.98 Å². The Hall–Kier alpha value is -2.29. The summed E-state index contributed by atoms with van der Waals surface area (Å²) in [6.45, 7) is 2.51. The number of carbonyl (C=O) groups is 1. The normalized spacial score (nSPS) is 9.50. The fraction of sp³-hybridized carbons (Fsp3) is 0.300. The smallest absolute Gasteiger partial charge is 0.236 e. The monoisotopic (exact) mass is 219 g/mol. The van der Waals surface area contributed by atoms with Crippen molar-refractivity contribution in [3.8, 4) is 6.07 Å². The van der Waals surface area contributed by atoms with E-state index >= 15 is 0 Å². The first-order valence-corrected chi connectivity index (χ1v) is 4.78.